The molecule has 1 aliphatic rings. The van der Waals surface area contributed by atoms with E-state index >= 15 is 0 Å². The quantitative estimate of drug-likeness (QED) is 0.0446. The summed E-state index contributed by atoms with van der Waals surface area (Å²) in [6, 6.07) is 0. The number of esters is 1. The third-order valence-electron chi connectivity index (χ3n) is 8.91. The molecule has 0 radical (unpaired) electrons. The van der Waals surface area contributed by atoms with Crippen LogP contribution in [-0.2, 0) is 9.53 Å². The van der Waals surface area contributed by atoms with Crippen molar-refractivity contribution in [2.24, 2.45) is 5.92 Å². The average Bonchev–Trinajstić information content (AvgIpc) is 2.99. The van der Waals surface area contributed by atoms with E-state index in [4.69, 9.17) is 4.74 Å². The van der Waals surface area contributed by atoms with Crippen LogP contribution in [0.15, 0.2) is 36.1 Å². The predicted octanol–water partition coefficient (Wildman–Crippen LogP) is 13.9. The molecule has 0 amide bonds. The largest absolute Gasteiger partial charge is 0.430 e. The van der Waals surface area contributed by atoms with Gasteiger partial charge in [-0.1, -0.05) is 167 Å². The van der Waals surface area contributed by atoms with E-state index in [1.165, 1.54) is 154 Å². The van der Waals surface area contributed by atoms with Crippen molar-refractivity contribution in [3.05, 3.63) is 36.1 Å². The molecule has 0 N–H and O–H groups in total. The van der Waals surface area contributed by atoms with Gasteiger partial charge in [-0.05, 0) is 70.3 Å². The van der Waals surface area contributed by atoms with E-state index in [0.29, 0.717) is 0 Å². The smallest absolute Gasteiger partial charge is 0.321 e. The van der Waals surface area contributed by atoms with Crippen molar-refractivity contribution < 1.29 is 9.53 Å². The van der Waals surface area contributed by atoms with Crippen LogP contribution in [0.5, 0.6) is 0 Å². The van der Waals surface area contributed by atoms with Gasteiger partial charge in [0.2, 0.25) is 0 Å². The summed E-state index contributed by atoms with van der Waals surface area (Å²) in [5, 5.41) is 0. The van der Waals surface area contributed by atoms with Crippen molar-refractivity contribution in [3.8, 4) is 0 Å². The zero-order valence-electron chi connectivity index (χ0n) is 28.5. The molecule has 0 aromatic rings. The van der Waals surface area contributed by atoms with Gasteiger partial charge in [0.15, 0.2) is 0 Å². The summed E-state index contributed by atoms with van der Waals surface area (Å²) in [5.74, 6) is 0.953. The summed E-state index contributed by atoms with van der Waals surface area (Å²) < 4.78 is 5.35. The Hall–Kier alpha value is -1.31. The topological polar surface area (TPSA) is 26.3 Å². The maximum absolute atomic E-state index is 11.9. The number of carbonyl (C=O) groups excluding carboxylic acids is 1. The molecule has 244 valence electrons. The van der Waals surface area contributed by atoms with E-state index in [-0.39, 0.29) is 11.9 Å². The molecule has 2 nitrogen and oxygen atoms in total. The van der Waals surface area contributed by atoms with Crippen molar-refractivity contribution in [2.75, 3.05) is 0 Å². The first-order chi connectivity index (χ1) is 20.8. The van der Waals surface area contributed by atoms with E-state index < -0.39 is 0 Å². The Bertz CT molecular complexity index is 673. The van der Waals surface area contributed by atoms with Crippen LogP contribution in [0.2, 0.25) is 0 Å². The Kier molecular flexibility index (Phi) is 28.7. The van der Waals surface area contributed by atoms with Gasteiger partial charge < -0.3 is 4.74 Å². The van der Waals surface area contributed by atoms with E-state index in [2.05, 4.69) is 44.2 Å². The Morgan fingerprint density at radius 1 is 0.452 bits per heavy atom. The van der Waals surface area contributed by atoms with Gasteiger partial charge in [-0.3, -0.25) is 4.79 Å². The van der Waals surface area contributed by atoms with Gasteiger partial charge in [0.05, 0.1) is 0 Å². The minimum atomic E-state index is -0.0157. The number of hydrogen-bond donors (Lipinski definition) is 0. The van der Waals surface area contributed by atoms with Gasteiger partial charge in [0.25, 0.3) is 0 Å². The average molecular weight is 585 g/mol. The van der Waals surface area contributed by atoms with Crippen LogP contribution in [0, 0.1) is 5.92 Å². The van der Waals surface area contributed by atoms with Gasteiger partial charge >= 0.3 is 5.97 Å². The van der Waals surface area contributed by atoms with Gasteiger partial charge in [0.1, 0.15) is 11.7 Å². The standard InChI is InChI=1S/C40H72O2/c1-3-5-7-9-11-13-15-17-19-21-23-25-27-29-31-33-35-37-39-38(40(41)42-39)36-34-32-30-28-26-24-22-20-18-16-14-12-10-8-6-4-2/h27-30,37-38H,3-26,31-36H2,1-2H3/b29-27+,30-28+,39-37+. The zero-order valence-corrected chi connectivity index (χ0v) is 28.5. The first kappa shape index (κ1) is 38.7. The van der Waals surface area contributed by atoms with Crippen molar-refractivity contribution in [1.82, 2.24) is 0 Å². The number of allylic oxidation sites excluding steroid dienone is 5. The summed E-state index contributed by atoms with van der Waals surface area (Å²) in [6.07, 6.45) is 51.4. The SMILES string of the molecule is CCCCCCCCCCCCC/C=C/CCC/C=C1/OC(=O)C1CCC/C=C/CCCCCCCCCCCCC. The summed E-state index contributed by atoms with van der Waals surface area (Å²) >= 11 is 0. The number of rotatable bonds is 32. The van der Waals surface area contributed by atoms with Crippen LogP contribution in [0.3, 0.4) is 0 Å². The van der Waals surface area contributed by atoms with Crippen LogP contribution < -0.4 is 0 Å². The van der Waals surface area contributed by atoms with E-state index in [0.717, 1.165) is 44.3 Å². The summed E-state index contributed by atoms with van der Waals surface area (Å²) in [5.41, 5.74) is 0. The van der Waals surface area contributed by atoms with Crippen LogP contribution in [-0.4, -0.2) is 5.97 Å². The van der Waals surface area contributed by atoms with Crippen LogP contribution in [0.1, 0.15) is 206 Å². The Morgan fingerprint density at radius 2 is 0.810 bits per heavy atom. The van der Waals surface area contributed by atoms with Crippen molar-refractivity contribution in [3.63, 3.8) is 0 Å². The van der Waals surface area contributed by atoms with E-state index in [1.54, 1.807) is 0 Å². The minimum Gasteiger partial charge on any atom is -0.430 e. The molecule has 1 fully saturated rings. The molecule has 1 aliphatic heterocycles. The fraction of sp³-hybridized carbons (Fsp3) is 0.825. The number of cyclic esters (lactones) is 1. The lowest BCUT2D eigenvalue weighted by molar-refractivity contribution is -0.157. The highest BCUT2D eigenvalue weighted by Crippen LogP contribution is 2.31. The molecule has 0 bridgehead atoms. The third-order valence-corrected chi connectivity index (χ3v) is 8.91. The van der Waals surface area contributed by atoms with Gasteiger partial charge in [0, 0.05) is 0 Å². The normalized spacial score (nSPS) is 16.2. The predicted molar refractivity (Wildman–Crippen MR) is 186 cm³/mol. The Labute approximate surface area is 263 Å². The van der Waals surface area contributed by atoms with Crippen molar-refractivity contribution >= 4 is 5.97 Å². The van der Waals surface area contributed by atoms with Gasteiger partial charge in [-0.2, -0.15) is 0 Å². The van der Waals surface area contributed by atoms with E-state index in [1.807, 2.05) is 0 Å². The molecular formula is C40H72O2. The molecule has 42 heavy (non-hydrogen) atoms. The monoisotopic (exact) mass is 585 g/mol. The van der Waals surface area contributed by atoms with Crippen LogP contribution >= 0.6 is 0 Å². The summed E-state index contributed by atoms with van der Waals surface area (Å²) in [4.78, 5) is 11.9. The molecule has 0 aromatic heterocycles. The first-order valence-corrected chi connectivity index (χ1v) is 19.0. The van der Waals surface area contributed by atoms with Gasteiger partial charge in [-0.15, -0.1) is 0 Å². The number of carbonyl (C=O) groups is 1. The second-order valence-electron chi connectivity index (χ2n) is 13.0. The maximum atomic E-state index is 11.9. The second-order valence-corrected chi connectivity index (χ2v) is 13.0. The molecule has 1 unspecified atom stereocenters. The molecule has 1 atom stereocenters. The van der Waals surface area contributed by atoms with Crippen molar-refractivity contribution in [2.45, 2.75) is 206 Å². The lowest BCUT2D eigenvalue weighted by atomic mass is 9.94. The highest BCUT2D eigenvalue weighted by Gasteiger charge is 2.36. The zero-order chi connectivity index (χ0) is 30.2. The highest BCUT2D eigenvalue weighted by molar-refractivity contribution is 5.82. The fourth-order valence-corrected chi connectivity index (χ4v) is 6.00. The number of ether oxygens (including phenoxy) is 1. The number of unbranched alkanes of at least 4 members (excludes halogenated alkanes) is 25. The highest BCUT2D eigenvalue weighted by atomic mass is 16.6. The molecule has 1 heterocycles. The second kappa shape index (κ2) is 31.1. The fourth-order valence-electron chi connectivity index (χ4n) is 6.00. The van der Waals surface area contributed by atoms with Crippen molar-refractivity contribution in [1.29, 1.82) is 0 Å². The molecular weight excluding hydrogens is 512 g/mol. The van der Waals surface area contributed by atoms with Gasteiger partial charge in [-0.25, -0.2) is 0 Å². The molecule has 2 heteroatoms. The number of hydrogen-bond acceptors (Lipinski definition) is 2. The molecule has 0 aliphatic carbocycles. The molecule has 1 saturated heterocycles. The Balaban J connectivity index is 1.89. The molecule has 0 saturated carbocycles. The van der Waals surface area contributed by atoms with Crippen LogP contribution in [0.25, 0.3) is 0 Å². The molecule has 0 aromatic carbocycles. The lowest BCUT2D eigenvalue weighted by Gasteiger charge is -2.27. The minimum absolute atomic E-state index is 0.0157. The summed E-state index contributed by atoms with van der Waals surface area (Å²) in [7, 11) is 0. The Morgan fingerprint density at radius 3 is 1.21 bits per heavy atom. The van der Waals surface area contributed by atoms with Crippen LogP contribution in [0.4, 0.5) is 0 Å². The first-order valence-electron chi connectivity index (χ1n) is 19.0. The van der Waals surface area contributed by atoms with E-state index in [9.17, 15) is 4.79 Å². The molecule has 0 spiro atoms. The lowest BCUT2D eigenvalue weighted by Crippen LogP contribution is -2.32. The summed E-state index contributed by atoms with van der Waals surface area (Å²) in [6.45, 7) is 4.58. The third kappa shape index (κ3) is 24.2. The maximum Gasteiger partial charge on any atom is 0.321 e. The molecule has 1 rings (SSSR count).